The van der Waals surface area contributed by atoms with Crippen LogP contribution in [0.25, 0.3) is 0 Å². The molecule has 1 amide bonds. The molecule has 1 aromatic carbocycles. The molecule has 1 aromatic heterocycles. The molecule has 6 heteroatoms. The minimum atomic E-state index is -0.402. The predicted molar refractivity (Wildman–Crippen MR) is 75.1 cm³/mol. The number of benzene rings is 1. The summed E-state index contributed by atoms with van der Waals surface area (Å²) in [6.07, 6.45) is 1.45. The van der Waals surface area contributed by atoms with Gasteiger partial charge in [0.2, 0.25) is 0 Å². The van der Waals surface area contributed by atoms with Crippen molar-refractivity contribution in [3.63, 3.8) is 0 Å². The Hall–Kier alpha value is -1.78. The quantitative estimate of drug-likeness (QED) is 0.832. The van der Waals surface area contributed by atoms with E-state index in [0.29, 0.717) is 10.6 Å². The number of carbonyl (C=O) groups excluding carboxylic acids is 1. The number of amides is 1. The maximum absolute atomic E-state index is 12.0. The van der Waals surface area contributed by atoms with Crippen molar-refractivity contribution >= 4 is 34.8 Å². The van der Waals surface area contributed by atoms with E-state index < -0.39 is 5.91 Å². The van der Waals surface area contributed by atoms with Gasteiger partial charge in [-0.3, -0.25) is 9.78 Å². The number of anilines is 1. The Kier molecular flexibility index (Phi) is 3.93. The average Bonchev–Trinajstić information content (AvgIpc) is 2.36. The van der Waals surface area contributed by atoms with Crippen molar-refractivity contribution < 1.29 is 9.90 Å². The van der Waals surface area contributed by atoms with Crippen LogP contribution in [0.3, 0.4) is 0 Å². The fourth-order valence-corrected chi connectivity index (χ4v) is 1.95. The maximum atomic E-state index is 12.0. The number of aryl methyl sites for hydroxylation is 1. The Morgan fingerprint density at radius 3 is 2.68 bits per heavy atom. The van der Waals surface area contributed by atoms with E-state index in [2.05, 4.69) is 10.3 Å². The topological polar surface area (TPSA) is 62.2 Å². The first kappa shape index (κ1) is 13.6. The van der Waals surface area contributed by atoms with Gasteiger partial charge in [-0.25, -0.2) is 0 Å². The van der Waals surface area contributed by atoms with E-state index in [0.717, 1.165) is 5.69 Å². The normalized spacial score (nSPS) is 10.3. The summed E-state index contributed by atoms with van der Waals surface area (Å²) in [6, 6.07) is 6.17. The zero-order chi connectivity index (χ0) is 14.0. The fourth-order valence-electron chi connectivity index (χ4n) is 1.46. The summed E-state index contributed by atoms with van der Waals surface area (Å²) in [5, 5.41) is 12.7. The minimum Gasteiger partial charge on any atom is -0.504 e. The number of hydrogen-bond acceptors (Lipinski definition) is 3. The molecular weight excluding hydrogens is 287 g/mol. The van der Waals surface area contributed by atoms with Gasteiger partial charge in [-0.05, 0) is 31.2 Å². The number of pyridine rings is 1. The molecule has 0 aliphatic carbocycles. The summed E-state index contributed by atoms with van der Waals surface area (Å²) >= 11 is 11.6. The zero-order valence-corrected chi connectivity index (χ0v) is 11.5. The van der Waals surface area contributed by atoms with Gasteiger partial charge in [0.25, 0.3) is 5.91 Å². The Morgan fingerprint density at radius 1 is 1.32 bits per heavy atom. The van der Waals surface area contributed by atoms with Crippen LogP contribution in [0.4, 0.5) is 5.69 Å². The van der Waals surface area contributed by atoms with Crippen LogP contribution in [0.1, 0.15) is 16.1 Å². The molecule has 0 unspecified atom stereocenters. The van der Waals surface area contributed by atoms with Gasteiger partial charge in [0.05, 0.1) is 16.3 Å². The maximum Gasteiger partial charge on any atom is 0.257 e. The molecule has 0 saturated carbocycles. The zero-order valence-electron chi connectivity index (χ0n) is 9.95. The van der Waals surface area contributed by atoms with Crippen LogP contribution in [0, 0.1) is 6.92 Å². The lowest BCUT2D eigenvalue weighted by Crippen LogP contribution is -2.12. The van der Waals surface area contributed by atoms with Gasteiger partial charge in [0, 0.05) is 16.9 Å². The Labute approximate surface area is 120 Å². The van der Waals surface area contributed by atoms with Crippen molar-refractivity contribution in [2.45, 2.75) is 6.92 Å². The van der Waals surface area contributed by atoms with E-state index in [1.807, 2.05) is 6.92 Å². The third-order valence-corrected chi connectivity index (χ3v) is 2.96. The highest BCUT2D eigenvalue weighted by Gasteiger charge is 2.12. The number of carbonyl (C=O) groups is 1. The summed E-state index contributed by atoms with van der Waals surface area (Å²) in [4.78, 5) is 16.0. The number of halogens is 2. The number of rotatable bonds is 2. The smallest absolute Gasteiger partial charge is 0.257 e. The first-order valence-corrected chi connectivity index (χ1v) is 6.15. The standard InChI is InChI=1S/C13H10Cl2N2O2/c1-7-2-3-8(6-16-7)13(19)17-11-5-9(14)4-10(15)12(11)18/h2-6,18H,1H3,(H,17,19). The summed E-state index contributed by atoms with van der Waals surface area (Å²) in [5.74, 6) is -0.624. The second-order valence-corrected chi connectivity index (χ2v) is 4.77. The number of phenolic OH excluding ortho intramolecular Hbond substituents is 1. The summed E-state index contributed by atoms with van der Waals surface area (Å²) in [6.45, 7) is 1.82. The highest BCUT2D eigenvalue weighted by Crippen LogP contribution is 2.35. The molecule has 0 bridgehead atoms. The van der Waals surface area contributed by atoms with Gasteiger partial charge in [-0.2, -0.15) is 0 Å². The summed E-state index contributed by atoms with van der Waals surface area (Å²) in [5.41, 5.74) is 1.34. The number of hydrogen-bond donors (Lipinski definition) is 2. The molecule has 1 heterocycles. The van der Waals surface area contributed by atoms with Crippen molar-refractivity contribution in [2.75, 3.05) is 5.32 Å². The van der Waals surface area contributed by atoms with Crippen molar-refractivity contribution in [3.8, 4) is 5.75 Å². The van der Waals surface area contributed by atoms with Crippen LogP contribution in [-0.2, 0) is 0 Å². The van der Waals surface area contributed by atoms with E-state index in [1.165, 1.54) is 18.3 Å². The molecule has 0 aliphatic heterocycles. The summed E-state index contributed by atoms with van der Waals surface area (Å²) < 4.78 is 0. The van der Waals surface area contributed by atoms with Crippen molar-refractivity contribution in [3.05, 3.63) is 51.8 Å². The molecule has 0 saturated heterocycles. The average molecular weight is 297 g/mol. The molecule has 19 heavy (non-hydrogen) atoms. The predicted octanol–water partition coefficient (Wildman–Crippen LogP) is 3.65. The third kappa shape index (κ3) is 3.16. The lowest BCUT2D eigenvalue weighted by Gasteiger charge is -2.09. The Balaban J connectivity index is 2.26. The van der Waals surface area contributed by atoms with Crippen LogP contribution in [0.2, 0.25) is 10.0 Å². The van der Waals surface area contributed by atoms with Crippen LogP contribution in [-0.4, -0.2) is 16.0 Å². The second kappa shape index (κ2) is 5.47. The van der Waals surface area contributed by atoms with Crippen LogP contribution >= 0.6 is 23.2 Å². The number of aromatic hydroxyl groups is 1. The molecule has 0 radical (unpaired) electrons. The minimum absolute atomic E-state index is 0.0739. The fraction of sp³-hybridized carbons (Fsp3) is 0.0769. The number of nitrogens with one attached hydrogen (secondary N) is 1. The number of aromatic nitrogens is 1. The van der Waals surface area contributed by atoms with E-state index in [9.17, 15) is 9.90 Å². The van der Waals surface area contributed by atoms with E-state index in [-0.39, 0.29) is 16.5 Å². The highest BCUT2D eigenvalue weighted by atomic mass is 35.5. The largest absolute Gasteiger partial charge is 0.504 e. The highest BCUT2D eigenvalue weighted by molar-refractivity contribution is 6.36. The van der Waals surface area contributed by atoms with Crippen LogP contribution in [0.15, 0.2) is 30.5 Å². The van der Waals surface area contributed by atoms with Gasteiger partial charge in [-0.1, -0.05) is 23.2 Å². The van der Waals surface area contributed by atoms with Crippen molar-refractivity contribution in [1.82, 2.24) is 4.98 Å². The monoisotopic (exact) mass is 296 g/mol. The molecule has 0 fully saturated rings. The van der Waals surface area contributed by atoms with Gasteiger partial charge in [0.15, 0.2) is 5.75 Å². The van der Waals surface area contributed by atoms with Gasteiger partial charge >= 0.3 is 0 Å². The molecule has 4 nitrogen and oxygen atoms in total. The van der Waals surface area contributed by atoms with Crippen molar-refractivity contribution in [1.29, 1.82) is 0 Å². The third-order valence-electron chi connectivity index (χ3n) is 2.45. The molecule has 0 spiro atoms. The van der Waals surface area contributed by atoms with Crippen LogP contribution in [0.5, 0.6) is 5.75 Å². The first-order chi connectivity index (χ1) is 8.97. The molecular formula is C13H10Cl2N2O2. The Bertz CT molecular complexity index is 627. The first-order valence-electron chi connectivity index (χ1n) is 5.39. The van der Waals surface area contributed by atoms with Gasteiger partial charge in [0.1, 0.15) is 0 Å². The molecule has 98 valence electrons. The van der Waals surface area contributed by atoms with Crippen molar-refractivity contribution in [2.24, 2.45) is 0 Å². The van der Waals surface area contributed by atoms with Crippen LogP contribution < -0.4 is 5.32 Å². The van der Waals surface area contributed by atoms with E-state index in [4.69, 9.17) is 23.2 Å². The van der Waals surface area contributed by atoms with E-state index in [1.54, 1.807) is 12.1 Å². The lowest BCUT2D eigenvalue weighted by atomic mass is 10.2. The SMILES string of the molecule is Cc1ccc(C(=O)Nc2cc(Cl)cc(Cl)c2O)cn1. The van der Waals surface area contributed by atoms with Gasteiger partial charge < -0.3 is 10.4 Å². The van der Waals surface area contributed by atoms with E-state index >= 15 is 0 Å². The Morgan fingerprint density at radius 2 is 2.05 bits per heavy atom. The van der Waals surface area contributed by atoms with Gasteiger partial charge in [-0.15, -0.1) is 0 Å². The molecule has 0 aliphatic rings. The molecule has 0 atom stereocenters. The molecule has 2 aromatic rings. The lowest BCUT2D eigenvalue weighted by molar-refractivity contribution is 0.102. The number of nitrogens with zero attached hydrogens (tertiary/aromatic N) is 1. The number of phenols is 1. The second-order valence-electron chi connectivity index (χ2n) is 3.93. The molecule has 2 rings (SSSR count). The molecule has 2 N–H and O–H groups in total. The summed E-state index contributed by atoms with van der Waals surface area (Å²) in [7, 11) is 0.